The number of H-pyrrole nitrogens is 1. The highest BCUT2D eigenvalue weighted by molar-refractivity contribution is 6.06. The van der Waals surface area contributed by atoms with Gasteiger partial charge in [-0.3, -0.25) is 4.79 Å². The zero-order valence-corrected chi connectivity index (χ0v) is 10.6. The molecule has 0 bridgehead atoms. The van der Waals surface area contributed by atoms with Gasteiger partial charge in [0.25, 0.3) is 0 Å². The van der Waals surface area contributed by atoms with Crippen LogP contribution in [0, 0.1) is 0 Å². The number of para-hydroxylation sites is 2. The van der Waals surface area contributed by atoms with Gasteiger partial charge in [-0.25, -0.2) is 0 Å². The Morgan fingerprint density at radius 2 is 1.42 bits per heavy atom. The van der Waals surface area contributed by atoms with Crippen LogP contribution in [0.5, 0.6) is 0 Å². The van der Waals surface area contributed by atoms with E-state index in [9.17, 15) is 4.79 Å². The van der Waals surface area contributed by atoms with Crippen molar-refractivity contribution in [2.75, 3.05) is 6.54 Å². The molecule has 3 aromatic rings. The van der Waals surface area contributed by atoms with E-state index in [4.69, 9.17) is 0 Å². The summed E-state index contributed by atoms with van der Waals surface area (Å²) in [5, 5.41) is 5.29. The number of carbonyl (C=O) groups excluding carboxylic acids is 1. The standard InChI is InChI=1S/C12H9N.C4H7NO/c1-3-7-11-9(5-1)10-6-2-4-8-12(10)13-11;6-4-2-1-3-5-4/h1-8,13H;1-3H2,(H,5,6). The lowest BCUT2D eigenvalue weighted by atomic mass is 10.2. The number of carbonyl (C=O) groups is 1. The topological polar surface area (TPSA) is 44.9 Å². The number of aromatic amines is 1. The molecule has 1 fully saturated rings. The third kappa shape index (κ3) is 2.45. The lowest BCUT2D eigenvalue weighted by Crippen LogP contribution is -2.12. The van der Waals surface area contributed by atoms with Crippen LogP contribution in [-0.2, 0) is 4.79 Å². The van der Waals surface area contributed by atoms with Crippen molar-refractivity contribution in [3.05, 3.63) is 48.5 Å². The fourth-order valence-corrected chi connectivity index (χ4v) is 2.36. The predicted molar refractivity (Wildman–Crippen MR) is 78.0 cm³/mol. The molecule has 4 rings (SSSR count). The molecule has 3 heteroatoms. The molecule has 0 spiro atoms. The molecular weight excluding hydrogens is 236 g/mol. The Hall–Kier alpha value is -2.29. The molecule has 3 nitrogen and oxygen atoms in total. The van der Waals surface area contributed by atoms with Crippen LogP contribution >= 0.6 is 0 Å². The van der Waals surface area contributed by atoms with Crippen molar-refractivity contribution in [2.24, 2.45) is 0 Å². The van der Waals surface area contributed by atoms with Crippen molar-refractivity contribution in [2.45, 2.75) is 12.8 Å². The van der Waals surface area contributed by atoms with E-state index in [1.54, 1.807) is 0 Å². The minimum atomic E-state index is 0.204. The second-order valence-electron chi connectivity index (χ2n) is 4.67. The van der Waals surface area contributed by atoms with Gasteiger partial charge in [0.05, 0.1) is 0 Å². The molecule has 2 N–H and O–H groups in total. The smallest absolute Gasteiger partial charge is 0.220 e. The summed E-state index contributed by atoms with van der Waals surface area (Å²) in [5.74, 6) is 0.204. The zero-order chi connectivity index (χ0) is 13.1. The molecule has 96 valence electrons. The monoisotopic (exact) mass is 252 g/mol. The lowest BCUT2D eigenvalue weighted by molar-refractivity contribution is -0.119. The lowest BCUT2D eigenvalue weighted by Gasteiger charge is -1.87. The molecule has 1 amide bonds. The van der Waals surface area contributed by atoms with E-state index >= 15 is 0 Å². The summed E-state index contributed by atoms with van der Waals surface area (Å²) in [6, 6.07) is 16.8. The summed E-state index contributed by atoms with van der Waals surface area (Å²) in [6.07, 6.45) is 1.76. The second-order valence-corrected chi connectivity index (χ2v) is 4.67. The van der Waals surface area contributed by atoms with Crippen molar-refractivity contribution >= 4 is 27.7 Å². The first-order valence-corrected chi connectivity index (χ1v) is 6.57. The highest BCUT2D eigenvalue weighted by atomic mass is 16.1. The first-order chi connectivity index (χ1) is 9.34. The van der Waals surface area contributed by atoms with Gasteiger partial charge in [0.1, 0.15) is 0 Å². The fourth-order valence-electron chi connectivity index (χ4n) is 2.36. The Labute approximate surface area is 111 Å². The number of rotatable bonds is 0. The van der Waals surface area contributed by atoms with Gasteiger partial charge >= 0.3 is 0 Å². The number of hydrogen-bond acceptors (Lipinski definition) is 1. The van der Waals surface area contributed by atoms with Crippen LogP contribution < -0.4 is 5.32 Å². The van der Waals surface area contributed by atoms with Gasteiger partial charge in [-0.05, 0) is 18.6 Å². The average Bonchev–Trinajstić information content (AvgIpc) is 3.06. The highest BCUT2D eigenvalue weighted by Gasteiger charge is 2.05. The number of fused-ring (bicyclic) bond motifs is 3. The highest BCUT2D eigenvalue weighted by Crippen LogP contribution is 2.24. The van der Waals surface area contributed by atoms with E-state index in [0.717, 1.165) is 19.4 Å². The van der Waals surface area contributed by atoms with E-state index in [2.05, 4.69) is 58.8 Å². The van der Waals surface area contributed by atoms with Crippen molar-refractivity contribution < 1.29 is 4.79 Å². The number of benzene rings is 2. The molecule has 1 saturated heterocycles. The average molecular weight is 252 g/mol. The van der Waals surface area contributed by atoms with E-state index < -0.39 is 0 Å². The molecule has 0 atom stereocenters. The SMILES string of the molecule is O=C1CCCN1.c1ccc2c(c1)[nH]c1ccccc12. The fraction of sp³-hybridized carbons (Fsp3) is 0.188. The third-order valence-electron chi connectivity index (χ3n) is 3.32. The van der Waals surface area contributed by atoms with Crippen LogP contribution in [0.4, 0.5) is 0 Å². The van der Waals surface area contributed by atoms with Crippen molar-refractivity contribution in [1.82, 2.24) is 10.3 Å². The Morgan fingerprint density at radius 1 is 0.842 bits per heavy atom. The normalized spacial score (nSPS) is 14.2. The minimum absolute atomic E-state index is 0.204. The van der Waals surface area contributed by atoms with Crippen molar-refractivity contribution in [3.63, 3.8) is 0 Å². The summed E-state index contributed by atoms with van der Waals surface area (Å²) in [6.45, 7) is 0.888. The maximum Gasteiger partial charge on any atom is 0.220 e. The number of hydrogen-bond donors (Lipinski definition) is 2. The van der Waals surface area contributed by atoms with Gasteiger partial charge in [-0.1, -0.05) is 36.4 Å². The van der Waals surface area contributed by atoms with Gasteiger partial charge < -0.3 is 10.3 Å². The largest absolute Gasteiger partial charge is 0.356 e. The Kier molecular flexibility index (Phi) is 3.19. The molecule has 1 aromatic heterocycles. The Balaban J connectivity index is 0.000000155. The minimum Gasteiger partial charge on any atom is -0.356 e. The van der Waals surface area contributed by atoms with Crippen molar-refractivity contribution in [1.29, 1.82) is 0 Å². The summed E-state index contributed by atoms with van der Waals surface area (Å²) in [4.78, 5) is 13.5. The molecule has 0 aliphatic carbocycles. The molecule has 2 heterocycles. The van der Waals surface area contributed by atoms with Crippen LogP contribution in [-0.4, -0.2) is 17.4 Å². The molecule has 2 aromatic carbocycles. The van der Waals surface area contributed by atoms with E-state index in [-0.39, 0.29) is 5.91 Å². The Bertz CT molecular complexity index is 656. The van der Waals surface area contributed by atoms with Crippen molar-refractivity contribution in [3.8, 4) is 0 Å². The third-order valence-corrected chi connectivity index (χ3v) is 3.32. The first kappa shape index (κ1) is 11.8. The predicted octanol–water partition coefficient (Wildman–Crippen LogP) is 3.22. The van der Waals surface area contributed by atoms with Gasteiger partial charge in [0.15, 0.2) is 0 Å². The maximum atomic E-state index is 10.1. The number of aromatic nitrogens is 1. The number of nitrogens with one attached hydrogen (secondary N) is 2. The summed E-state index contributed by atoms with van der Waals surface area (Å²) in [5.41, 5.74) is 2.42. The molecule has 1 aliphatic rings. The molecule has 1 aliphatic heterocycles. The van der Waals surface area contributed by atoms with E-state index in [1.807, 2.05) is 0 Å². The quantitative estimate of drug-likeness (QED) is 0.634. The van der Waals surface area contributed by atoms with Gasteiger partial charge in [0.2, 0.25) is 5.91 Å². The van der Waals surface area contributed by atoms with Crippen LogP contribution in [0.1, 0.15) is 12.8 Å². The molecule has 0 saturated carbocycles. The van der Waals surface area contributed by atoms with E-state index in [1.165, 1.54) is 21.8 Å². The molecule has 19 heavy (non-hydrogen) atoms. The summed E-state index contributed by atoms with van der Waals surface area (Å²) in [7, 11) is 0. The van der Waals surface area contributed by atoms with Gasteiger partial charge in [-0.2, -0.15) is 0 Å². The van der Waals surface area contributed by atoms with Crippen LogP contribution in [0.25, 0.3) is 21.8 Å². The zero-order valence-electron chi connectivity index (χ0n) is 10.6. The number of amides is 1. The molecule has 0 unspecified atom stereocenters. The Morgan fingerprint density at radius 3 is 1.84 bits per heavy atom. The van der Waals surface area contributed by atoms with Gasteiger partial charge in [0, 0.05) is 34.8 Å². The van der Waals surface area contributed by atoms with E-state index in [0.29, 0.717) is 0 Å². The van der Waals surface area contributed by atoms with Crippen LogP contribution in [0.2, 0.25) is 0 Å². The van der Waals surface area contributed by atoms with Gasteiger partial charge in [-0.15, -0.1) is 0 Å². The summed E-state index contributed by atoms with van der Waals surface area (Å²) < 4.78 is 0. The first-order valence-electron chi connectivity index (χ1n) is 6.57. The summed E-state index contributed by atoms with van der Waals surface area (Å²) >= 11 is 0. The molecule has 0 radical (unpaired) electrons. The van der Waals surface area contributed by atoms with Crippen LogP contribution in [0.3, 0.4) is 0 Å². The van der Waals surface area contributed by atoms with Crippen LogP contribution in [0.15, 0.2) is 48.5 Å². The second kappa shape index (κ2) is 5.14. The maximum absolute atomic E-state index is 10.1. The molecular formula is C16H16N2O.